The third-order valence-electron chi connectivity index (χ3n) is 17.1. The van der Waals surface area contributed by atoms with Crippen molar-refractivity contribution in [3.63, 3.8) is 0 Å². The van der Waals surface area contributed by atoms with Crippen LogP contribution in [0.15, 0.2) is 23.3 Å². The van der Waals surface area contributed by atoms with Crippen LogP contribution in [0.1, 0.15) is 108 Å². The molecule has 47 heteroatoms. The van der Waals surface area contributed by atoms with E-state index in [-0.39, 0.29) is 32.7 Å². The molecule has 7 rings (SSSR count). The Morgan fingerprint density at radius 3 is 2.05 bits per heavy atom. The smallest absolute Gasteiger partial charge is 0.404 e. The summed E-state index contributed by atoms with van der Waals surface area (Å²) in [6, 6.07) is -9.65. The summed E-state index contributed by atoms with van der Waals surface area (Å²) in [6.07, 6.45) is -36.4. The third kappa shape index (κ3) is 21.7. The SMILES string of the molecule is Cc1c(N)nc([C@H](CC(N)=O)NC[C@H](N)C(N)=O)nc1C(=O)N[C@H](C(=O)N[C@H](C)[C@@H](O)CC(=O)N[C@H](C(=O)NC(O[C@@H]1O[C@@H](C)[C@@H](N)[C@@H](O)[C@H]1O)C(O)c1nc(-c2nc(C(=O)NCCCCN)cs2)cs1)[C@@H](C)O)[C@@H](O[C@@H]1O[C@@H](CO)[C@@H](O)[C@H](O)[C@@H]1O[C@H]1O[C@H](CO)[C@@H](O)[C@H](OC(N)=O)[C@@H]1O)c1cnc[nH]1. The van der Waals surface area contributed by atoms with Crippen LogP contribution in [-0.4, -0.2) is 301 Å². The number of primary amides is 3. The normalized spacial score (nSPS) is 27.5. The molecule has 0 bridgehead atoms. The standard InChI is InChI=1S/C59H91N19O26S2/c1-18-33(75-48(77-46(18)64)23(9-30(62)83)69-11-22(61)47(65)92)50(94)76-35(43(24-12-67-17-70-24)101-58-45(39(88)36(85)28(13-79)100-58)102-57-41(90)44(103-59(66)97)37(86)29(14-80)99-57)52(96)71-19(2)27(82)10-31(84)74-34(20(3)81)51(95)78-53(104-56-40(89)38(87)32(63)21(4)98-56)42(91)55-73-26(16-106-55)54-72-25(15-105-54)49(93)68-8-6-5-7-60/h12,15-17,19-23,27-29,32,34-45,53,56-58,69,79-82,85-91H,5-11,13-14,60-61,63H2,1-4H3,(H2,62,83)(H2,65,92)(H2,66,97)(H,67,70)(H,68,93)(H,71,96)(H,74,84)(H,76,94)(H,78,95)(H2,64,75,77)/t19-,20-,21+,22+,23+,27+,28+,29-,32-,34+,35+,36-,37-,38-,39+,40-,41+,42?,43+,44+,45+,53?,56+,57-,58+/m1/s1. The number of nitrogens with one attached hydrogen (secondary N) is 7. The van der Waals surface area contributed by atoms with Gasteiger partial charge in [0, 0.05) is 35.8 Å². The fraction of sp³-hybridized carbons (Fsp3) is 0.644. The number of rotatable bonds is 37. The quantitative estimate of drug-likeness (QED) is 0.0147. The lowest BCUT2D eigenvalue weighted by molar-refractivity contribution is -0.372. The van der Waals surface area contributed by atoms with E-state index in [0.717, 1.165) is 49.0 Å². The number of hydrogen-bond donors (Lipinski definition) is 25. The molecule has 0 aliphatic carbocycles. The maximum absolute atomic E-state index is 15.3. The number of nitrogens with two attached hydrogens (primary N) is 7. The number of ether oxygens (including phenoxy) is 7. The van der Waals surface area contributed by atoms with Gasteiger partial charge < -0.3 is 166 Å². The molecule has 0 radical (unpaired) electrons. The highest BCUT2D eigenvalue weighted by Crippen LogP contribution is 2.36. The lowest BCUT2D eigenvalue weighted by atomic mass is 9.97. The molecule has 3 aliphatic heterocycles. The number of carbonyl (C=O) groups excluding carboxylic acids is 8. The monoisotopic (exact) mass is 1550 g/mol. The fourth-order valence-corrected chi connectivity index (χ4v) is 12.5. The molecule has 45 nitrogen and oxygen atoms in total. The van der Waals surface area contributed by atoms with E-state index in [0.29, 0.717) is 25.9 Å². The molecule has 8 amide bonds. The van der Waals surface area contributed by atoms with Crippen molar-refractivity contribution in [2.24, 2.45) is 34.4 Å². The van der Waals surface area contributed by atoms with Crippen molar-refractivity contribution >= 4 is 75.9 Å². The maximum Gasteiger partial charge on any atom is 0.404 e. The van der Waals surface area contributed by atoms with E-state index in [4.69, 9.17) is 73.3 Å². The number of aromatic amines is 1. The van der Waals surface area contributed by atoms with Crippen molar-refractivity contribution in [1.29, 1.82) is 0 Å². The summed E-state index contributed by atoms with van der Waals surface area (Å²) < 4.78 is 40.3. The first-order valence-corrected chi connectivity index (χ1v) is 34.6. The van der Waals surface area contributed by atoms with E-state index in [1.807, 2.05) is 0 Å². The molecule has 0 aromatic carbocycles. The summed E-state index contributed by atoms with van der Waals surface area (Å²) in [5.41, 5.74) is 39.0. The molecule has 0 spiro atoms. The highest BCUT2D eigenvalue weighted by molar-refractivity contribution is 7.14. The molecule has 3 fully saturated rings. The lowest BCUT2D eigenvalue weighted by Crippen LogP contribution is -2.65. The Morgan fingerprint density at radius 2 is 1.42 bits per heavy atom. The van der Waals surface area contributed by atoms with Gasteiger partial charge in [-0.2, -0.15) is 0 Å². The van der Waals surface area contributed by atoms with Crippen LogP contribution in [0, 0.1) is 6.92 Å². The zero-order valence-corrected chi connectivity index (χ0v) is 58.9. The van der Waals surface area contributed by atoms with E-state index in [1.54, 1.807) is 0 Å². The number of carbonyl (C=O) groups is 8. The Kier molecular flexibility index (Phi) is 31.2. The highest BCUT2D eigenvalue weighted by atomic mass is 32.1. The van der Waals surface area contributed by atoms with Crippen molar-refractivity contribution in [2.45, 2.75) is 206 Å². The number of amides is 8. The van der Waals surface area contributed by atoms with Crippen LogP contribution < -0.4 is 72.0 Å². The second-order valence-electron chi connectivity index (χ2n) is 25.0. The predicted octanol–water partition coefficient (Wildman–Crippen LogP) is -10.9. The molecule has 2 unspecified atom stereocenters. The molecule has 3 saturated heterocycles. The van der Waals surface area contributed by atoms with Crippen molar-refractivity contribution in [2.75, 3.05) is 38.6 Å². The average molecular weight is 1550 g/mol. The first kappa shape index (κ1) is 85.3. The molecule has 4 aromatic heterocycles. The van der Waals surface area contributed by atoms with E-state index < -0.39 is 250 Å². The number of aliphatic hydroxyl groups is 11. The number of nitrogen functional groups attached to an aromatic ring is 1. The van der Waals surface area contributed by atoms with Gasteiger partial charge >= 0.3 is 6.09 Å². The third-order valence-corrected chi connectivity index (χ3v) is 18.9. The second-order valence-corrected chi connectivity index (χ2v) is 26.8. The summed E-state index contributed by atoms with van der Waals surface area (Å²) in [5.74, 6) is -8.30. The predicted molar refractivity (Wildman–Crippen MR) is 359 cm³/mol. The minimum atomic E-state index is -2.26. The molecular weight excluding hydrogens is 1450 g/mol. The van der Waals surface area contributed by atoms with Crippen LogP contribution >= 0.6 is 22.7 Å². The summed E-state index contributed by atoms with van der Waals surface area (Å²) in [6.45, 7) is 3.25. The number of H-pyrrole nitrogens is 1. The van der Waals surface area contributed by atoms with Gasteiger partial charge in [0.15, 0.2) is 37.3 Å². The van der Waals surface area contributed by atoms with Crippen LogP contribution in [0.5, 0.6) is 0 Å². The van der Waals surface area contributed by atoms with E-state index in [9.17, 15) is 89.7 Å². The molecule has 4 aromatic rings. The number of aliphatic hydroxyl groups excluding tert-OH is 11. The Hall–Kier alpha value is -7.93. The zero-order chi connectivity index (χ0) is 78.3. The maximum atomic E-state index is 15.3. The number of imidazole rings is 1. The van der Waals surface area contributed by atoms with Gasteiger partial charge in [-0.1, -0.05) is 0 Å². The number of anilines is 1. The molecule has 590 valence electrons. The molecule has 25 atom stereocenters. The molecule has 32 N–H and O–H groups in total. The van der Waals surface area contributed by atoms with Crippen molar-refractivity contribution < 1.29 is 128 Å². The number of aromatic nitrogens is 6. The van der Waals surface area contributed by atoms with Gasteiger partial charge in [0.05, 0.1) is 80.3 Å². The van der Waals surface area contributed by atoms with Gasteiger partial charge in [0.25, 0.3) is 11.8 Å². The average Bonchev–Trinajstić information content (AvgIpc) is 0.878. The topological polar surface area (TPSA) is 758 Å². The zero-order valence-electron chi connectivity index (χ0n) is 57.2. The van der Waals surface area contributed by atoms with E-state index in [2.05, 4.69) is 61.8 Å². The Balaban J connectivity index is 1.18. The van der Waals surface area contributed by atoms with Crippen LogP contribution in [0.2, 0.25) is 0 Å². The van der Waals surface area contributed by atoms with Crippen LogP contribution in [0.25, 0.3) is 10.7 Å². The van der Waals surface area contributed by atoms with Gasteiger partial charge in [0.2, 0.25) is 29.5 Å². The van der Waals surface area contributed by atoms with Crippen molar-refractivity contribution in [1.82, 2.24) is 61.8 Å². The number of unbranched alkanes of at least 4 members (excludes halogenated alkanes) is 1. The van der Waals surface area contributed by atoms with Crippen LogP contribution in [0.3, 0.4) is 0 Å². The van der Waals surface area contributed by atoms with E-state index in [1.165, 1.54) is 24.6 Å². The summed E-state index contributed by atoms with van der Waals surface area (Å²) in [7, 11) is 0. The Bertz CT molecular complexity index is 3610. The molecule has 7 heterocycles. The summed E-state index contributed by atoms with van der Waals surface area (Å²) >= 11 is 1.89. The van der Waals surface area contributed by atoms with Gasteiger partial charge in [-0.05, 0) is 47.1 Å². The van der Waals surface area contributed by atoms with E-state index >= 15 is 4.79 Å². The second kappa shape index (κ2) is 38.7. The lowest BCUT2D eigenvalue weighted by Gasteiger charge is -2.47. The minimum absolute atomic E-state index is 0.0700. The Labute approximate surface area is 609 Å². The van der Waals surface area contributed by atoms with Gasteiger partial charge in [-0.25, -0.2) is 29.7 Å². The first-order chi connectivity index (χ1) is 50.1. The van der Waals surface area contributed by atoms with Crippen molar-refractivity contribution in [3.8, 4) is 10.7 Å². The number of nitrogens with zero attached hydrogens (tertiary/aromatic N) is 5. The van der Waals surface area contributed by atoms with Crippen molar-refractivity contribution in [3.05, 3.63) is 56.8 Å². The largest absolute Gasteiger partial charge is 0.441 e. The first-order valence-electron chi connectivity index (χ1n) is 32.9. The Morgan fingerprint density at radius 1 is 0.736 bits per heavy atom. The van der Waals surface area contributed by atoms with Gasteiger partial charge in [-0.15, -0.1) is 22.7 Å². The van der Waals surface area contributed by atoms with Crippen LogP contribution in [0.4, 0.5) is 10.6 Å². The molecule has 106 heavy (non-hydrogen) atoms. The van der Waals surface area contributed by atoms with Crippen LogP contribution in [-0.2, 0) is 57.1 Å². The summed E-state index contributed by atoms with van der Waals surface area (Å²) in [4.78, 5) is 132. The number of hydrogen-bond acceptors (Lipinski definition) is 38. The molecular formula is C59H91N19O26S2. The summed E-state index contributed by atoms with van der Waals surface area (Å²) in [5, 5.41) is 140. The number of thiazole rings is 2. The van der Waals surface area contributed by atoms with Gasteiger partial charge in [0.1, 0.15) is 112 Å². The molecule has 3 aliphatic rings. The minimum Gasteiger partial charge on any atom is -0.441 e. The fourth-order valence-electron chi connectivity index (χ4n) is 10.9. The highest BCUT2D eigenvalue weighted by Gasteiger charge is 2.54. The van der Waals surface area contributed by atoms with Gasteiger partial charge in [-0.3, -0.25) is 33.6 Å². The molecule has 0 saturated carbocycles.